The molecule has 0 amide bonds. The van der Waals surface area contributed by atoms with E-state index in [-0.39, 0.29) is 0 Å². The third-order valence-corrected chi connectivity index (χ3v) is 5.40. The second-order valence-corrected chi connectivity index (χ2v) is 6.72. The molecule has 1 atom stereocenters. The van der Waals surface area contributed by atoms with Crippen LogP contribution in [0.15, 0.2) is 10.5 Å². The van der Waals surface area contributed by atoms with Crippen LogP contribution in [0.3, 0.4) is 0 Å². The van der Waals surface area contributed by atoms with Gasteiger partial charge in [-0.2, -0.15) is 0 Å². The molecule has 0 spiro atoms. The molecular weight excluding hydrogens is 284 g/mol. The van der Waals surface area contributed by atoms with Gasteiger partial charge in [0, 0.05) is 33.4 Å². The zero-order valence-corrected chi connectivity index (χ0v) is 12.3. The van der Waals surface area contributed by atoms with Crippen molar-refractivity contribution < 1.29 is 0 Å². The number of nitrogens with one attached hydrogen (secondary N) is 1. The van der Waals surface area contributed by atoms with E-state index in [0.29, 0.717) is 0 Å². The molecule has 1 aliphatic heterocycles. The van der Waals surface area contributed by atoms with E-state index in [9.17, 15) is 0 Å². The number of hydrogen-bond acceptors (Lipinski definition) is 3. The summed E-state index contributed by atoms with van der Waals surface area (Å²) in [6, 6.07) is 2.97. The molecule has 16 heavy (non-hydrogen) atoms. The largest absolute Gasteiger partial charge is 0.310 e. The first-order chi connectivity index (χ1) is 7.66. The van der Waals surface area contributed by atoms with Gasteiger partial charge in [-0.25, -0.2) is 0 Å². The molecule has 90 valence electrons. The van der Waals surface area contributed by atoms with Crippen molar-refractivity contribution >= 4 is 27.3 Å². The van der Waals surface area contributed by atoms with Crippen LogP contribution in [-0.2, 0) is 6.54 Å². The maximum absolute atomic E-state index is 3.56. The van der Waals surface area contributed by atoms with Gasteiger partial charge in [0.25, 0.3) is 0 Å². The second kappa shape index (κ2) is 5.63. The van der Waals surface area contributed by atoms with E-state index < -0.39 is 0 Å². The average Bonchev–Trinajstić information content (AvgIpc) is 2.76. The fourth-order valence-corrected chi connectivity index (χ4v) is 3.78. The number of halogens is 1. The predicted octanol–water partition coefficient (Wildman–Crippen LogP) is 3.00. The molecule has 0 aromatic carbocycles. The van der Waals surface area contributed by atoms with Crippen molar-refractivity contribution in [3.63, 3.8) is 0 Å². The molecular formula is C12H19BrN2S. The molecule has 2 nitrogen and oxygen atoms in total. The Morgan fingerprint density at radius 1 is 1.62 bits per heavy atom. The van der Waals surface area contributed by atoms with Gasteiger partial charge in [-0.05, 0) is 55.4 Å². The van der Waals surface area contributed by atoms with Gasteiger partial charge in [-0.1, -0.05) is 0 Å². The van der Waals surface area contributed by atoms with E-state index in [4.69, 9.17) is 0 Å². The van der Waals surface area contributed by atoms with Crippen molar-refractivity contribution in [2.45, 2.75) is 32.4 Å². The van der Waals surface area contributed by atoms with Gasteiger partial charge in [0.2, 0.25) is 0 Å². The zero-order valence-electron chi connectivity index (χ0n) is 9.92. The Bertz CT molecular complexity index is 331. The van der Waals surface area contributed by atoms with Crippen LogP contribution in [0, 0.1) is 6.92 Å². The van der Waals surface area contributed by atoms with Gasteiger partial charge >= 0.3 is 0 Å². The van der Waals surface area contributed by atoms with Gasteiger partial charge in [0.1, 0.15) is 0 Å². The van der Waals surface area contributed by atoms with Crippen molar-refractivity contribution in [2.75, 3.05) is 20.1 Å². The van der Waals surface area contributed by atoms with Crippen LogP contribution in [0.2, 0.25) is 0 Å². The molecule has 0 bridgehead atoms. The normalized spacial score (nSPS) is 21.8. The van der Waals surface area contributed by atoms with Crippen LogP contribution in [0.25, 0.3) is 0 Å². The van der Waals surface area contributed by atoms with Crippen molar-refractivity contribution in [1.29, 1.82) is 0 Å². The standard InChI is InChI=1S/C12H19BrN2S/c1-9-12(13)6-11(16-9)8-14-7-10-4-3-5-15(10)2/h6,10,14H,3-5,7-8H2,1-2H3. The number of likely N-dealkylation sites (tertiary alicyclic amines) is 1. The molecule has 1 aromatic heterocycles. The first-order valence-electron chi connectivity index (χ1n) is 5.82. The molecule has 1 N–H and O–H groups in total. The number of rotatable bonds is 4. The number of thiophene rings is 1. The summed E-state index contributed by atoms with van der Waals surface area (Å²) in [5.74, 6) is 0. The fourth-order valence-electron chi connectivity index (χ4n) is 2.20. The molecule has 2 rings (SSSR count). The third kappa shape index (κ3) is 3.06. The van der Waals surface area contributed by atoms with Crippen molar-refractivity contribution in [1.82, 2.24) is 10.2 Å². The first-order valence-corrected chi connectivity index (χ1v) is 7.43. The second-order valence-electron chi connectivity index (χ2n) is 4.52. The molecule has 1 fully saturated rings. The summed E-state index contributed by atoms with van der Waals surface area (Å²) in [6.07, 6.45) is 2.70. The van der Waals surface area contributed by atoms with E-state index >= 15 is 0 Å². The summed E-state index contributed by atoms with van der Waals surface area (Å²) >= 11 is 5.43. The SMILES string of the molecule is Cc1sc(CNCC2CCCN2C)cc1Br. The van der Waals surface area contributed by atoms with Gasteiger partial charge in [-0.3, -0.25) is 0 Å². The number of likely N-dealkylation sites (N-methyl/N-ethyl adjacent to an activating group) is 1. The maximum Gasteiger partial charge on any atom is 0.0314 e. The van der Waals surface area contributed by atoms with E-state index in [2.05, 4.69) is 46.2 Å². The van der Waals surface area contributed by atoms with E-state index in [0.717, 1.165) is 19.1 Å². The summed E-state index contributed by atoms with van der Waals surface area (Å²) < 4.78 is 1.24. The summed E-state index contributed by atoms with van der Waals surface area (Å²) in [4.78, 5) is 5.25. The van der Waals surface area contributed by atoms with Gasteiger partial charge in [0.15, 0.2) is 0 Å². The lowest BCUT2D eigenvalue weighted by Crippen LogP contribution is -2.35. The minimum atomic E-state index is 0.740. The van der Waals surface area contributed by atoms with E-state index in [1.807, 2.05) is 11.3 Å². The summed E-state index contributed by atoms with van der Waals surface area (Å²) in [7, 11) is 2.23. The quantitative estimate of drug-likeness (QED) is 0.920. The minimum absolute atomic E-state index is 0.740. The monoisotopic (exact) mass is 302 g/mol. The van der Waals surface area contributed by atoms with Gasteiger partial charge < -0.3 is 10.2 Å². The topological polar surface area (TPSA) is 15.3 Å². The maximum atomic E-state index is 3.56. The molecule has 1 unspecified atom stereocenters. The number of aryl methyl sites for hydroxylation is 1. The molecule has 1 saturated heterocycles. The smallest absolute Gasteiger partial charge is 0.0314 e. The van der Waals surface area contributed by atoms with Crippen LogP contribution in [0.4, 0.5) is 0 Å². The lowest BCUT2D eigenvalue weighted by Gasteiger charge is -2.19. The molecule has 1 aliphatic rings. The Balaban J connectivity index is 1.75. The Labute approximate surface area is 110 Å². The van der Waals surface area contributed by atoms with E-state index in [1.54, 1.807) is 0 Å². The summed E-state index contributed by atoms with van der Waals surface area (Å²) in [5.41, 5.74) is 0. The molecule has 0 aliphatic carbocycles. The summed E-state index contributed by atoms with van der Waals surface area (Å²) in [6.45, 7) is 5.53. The first kappa shape index (κ1) is 12.6. The Hall–Kier alpha value is 0.100. The predicted molar refractivity (Wildman–Crippen MR) is 74.1 cm³/mol. The van der Waals surface area contributed by atoms with Crippen molar-refractivity contribution in [3.05, 3.63) is 20.3 Å². The van der Waals surface area contributed by atoms with Crippen molar-refractivity contribution in [3.8, 4) is 0 Å². The zero-order chi connectivity index (χ0) is 11.5. The van der Waals surface area contributed by atoms with Crippen LogP contribution in [-0.4, -0.2) is 31.1 Å². The molecule has 4 heteroatoms. The van der Waals surface area contributed by atoms with Crippen LogP contribution in [0.1, 0.15) is 22.6 Å². The van der Waals surface area contributed by atoms with Crippen LogP contribution < -0.4 is 5.32 Å². The average molecular weight is 303 g/mol. The fraction of sp³-hybridized carbons (Fsp3) is 0.667. The molecule has 1 aromatic rings. The highest BCUT2D eigenvalue weighted by atomic mass is 79.9. The van der Waals surface area contributed by atoms with Crippen LogP contribution >= 0.6 is 27.3 Å². The highest BCUT2D eigenvalue weighted by molar-refractivity contribution is 9.10. The molecule has 0 saturated carbocycles. The Morgan fingerprint density at radius 3 is 3.00 bits per heavy atom. The Morgan fingerprint density at radius 2 is 2.44 bits per heavy atom. The number of nitrogens with zero attached hydrogens (tertiary/aromatic N) is 1. The van der Waals surface area contributed by atoms with Crippen molar-refractivity contribution in [2.24, 2.45) is 0 Å². The Kier molecular flexibility index (Phi) is 4.41. The van der Waals surface area contributed by atoms with Gasteiger partial charge in [0.05, 0.1) is 0 Å². The highest BCUT2D eigenvalue weighted by Gasteiger charge is 2.19. The molecule has 2 heterocycles. The number of hydrogen-bond donors (Lipinski definition) is 1. The lowest BCUT2D eigenvalue weighted by molar-refractivity contribution is 0.300. The third-order valence-electron chi connectivity index (χ3n) is 3.26. The lowest BCUT2D eigenvalue weighted by atomic mass is 10.2. The van der Waals surface area contributed by atoms with Crippen LogP contribution in [0.5, 0.6) is 0 Å². The minimum Gasteiger partial charge on any atom is -0.310 e. The van der Waals surface area contributed by atoms with E-state index in [1.165, 1.54) is 33.6 Å². The highest BCUT2D eigenvalue weighted by Crippen LogP contribution is 2.26. The molecule has 0 radical (unpaired) electrons. The van der Waals surface area contributed by atoms with Gasteiger partial charge in [-0.15, -0.1) is 11.3 Å². The summed E-state index contributed by atoms with van der Waals surface area (Å²) in [5, 5.41) is 3.56.